The molecule has 2 aliphatic rings. The zero-order valence-electron chi connectivity index (χ0n) is 18.0. The van der Waals surface area contributed by atoms with Crippen LogP contribution in [0.5, 0.6) is 0 Å². The van der Waals surface area contributed by atoms with E-state index >= 15 is 0 Å². The zero-order chi connectivity index (χ0) is 21.4. The molecule has 0 bridgehead atoms. The van der Waals surface area contributed by atoms with Crippen molar-refractivity contribution in [2.75, 3.05) is 59.9 Å². The predicted molar refractivity (Wildman–Crippen MR) is 123 cm³/mol. The Labute approximate surface area is 179 Å². The topological polar surface area (TPSA) is 66.8 Å². The molecule has 29 heavy (non-hydrogen) atoms. The second-order valence-corrected chi connectivity index (χ2v) is 7.75. The maximum Gasteiger partial charge on any atom is 0.223 e. The van der Waals surface area contributed by atoms with Crippen LogP contribution in [0.3, 0.4) is 0 Å². The van der Waals surface area contributed by atoms with Crippen LogP contribution in [0.2, 0.25) is 0 Å². The average molecular weight is 420 g/mol. The Morgan fingerprint density at radius 2 is 1.97 bits per heavy atom. The van der Waals surface area contributed by atoms with Crippen LogP contribution < -0.4 is 5.43 Å². The van der Waals surface area contributed by atoms with Gasteiger partial charge in [-0.2, -0.15) is 5.10 Å². The highest BCUT2D eigenvalue weighted by Crippen LogP contribution is 2.18. The van der Waals surface area contributed by atoms with Gasteiger partial charge in [-0.25, -0.2) is 0 Å². The van der Waals surface area contributed by atoms with Crippen LogP contribution in [-0.2, 0) is 4.79 Å². The van der Waals surface area contributed by atoms with Crippen LogP contribution >= 0.6 is 12.2 Å². The number of nitrogens with one attached hydrogen (secondary N) is 1. The second-order valence-electron chi connectivity index (χ2n) is 7.36. The molecule has 2 aliphatic heterocycles. The summed E-state index contributed by atoms with van der Waals surface area (Å²) >= 11 is 5.55. The molecule has 2 heterocycles. The minimum absolute atomic E-state index is 0.00969. The van der Waals surface area contributed by atoms with Gasteiger partial charge in [-0.05, 0) is 33.2 Å². The van der Waals surface area contributed by atoms with E-state index in [0.29, 0.717) is 23.8 Å². The molecule has 2 fully saturated rings. The fourth-order valence-corrected chi connectivity index (χ4v) is 3.62. The Bertz CT molecular complexity index is 706. The smallest absolute Gasteiger partial charge is 0.223 e. The molecule has 8 nitrogen and oxygen atoms in total. The van der Waals surface area contributed by atoms with Gasteiger partial charge in [0.15, 0.2) is 5.11 Å². The highest BCUT2D eigenvalue weighted by atomic mass is 32.1. The molecule has 160 valence electrons. The average Bonchev–Trinajstić information content (AvgIpc) is 2.71. The normalized spacial score (nSPS) is 22.6. The summed E-state index contributed by atoms with van der Waals surface area (Å²) in [5.74, 6) is -0.00969. The number of amides is 1. The number of nitrogens with zero attached hydrogens (tertiary/aromatic N) is 6. The third kappa shape index (κ3) is 6.45. The van der Waals surface area contributed by atoms with Crippen molar-refractivity contribution in [1.82, 2.24) is 25.0 Å². The third-order valence-electron chi connectivity index (χ3n) is 5.06. The lowest BCUT2D eigenvalue weighted by atomic mass is 10.0. The predicted octanol–water partition coefficient (Wildman–Crippen LogP) is 1.14. The summed E-state index contributed by atoms with van der Waals surface area (Å²) in [5, 5.41) is 5.16. The molecule has 0 saturated carbocycles. The number of hydrazone groups is 1. The summed E-state index contributed by atoms with van der Waals surface area (Å²) in [6.07, 6.45) is 3.96. The minimum Gasteiger partial charge on any atom is -0.345 e. The molecule has 1 N–H and O–H groups in total. The number of thiocarbonyl (C=S) groups is 1. The van der Waals surface area contributed by atoms with Gasteiger partial charge in [0.05, 0.1) is 11.4 Å². The first-order chi connectivity index (χ1) is 13.9. The summed E-state index contributed by atoms with van der Waals surface area (Å²) in [6.45, 7) is 13.6. The van der Waals surface area contributed by atoms with Gasteiger partial charge in [0, 0.05) is 65.4 Å². The first kappa shape index (κ1) is 23.2. The zero-order valence-corrected chi connectivity index (χ0v) is 18.8. The summed E-state index contributed by atoms with van der Waals surface area (Å²) in [6, 6.07) is 0. The van der Waals surface area contributed by atoms with E-state index in [0.717, 1.165) is 50.7 Å². The monoisotopic (exact) mass is 419 g/mol. The van der Waals surface area contributed by atoms with Crippen molar-refractivity contribution >= 4 is 34.7 Å². The molecule has 0 radical (unpaired) electrons. The highest BCUT2D eigenvalue weighted by molar-refractivity contribution is 7.80. The van der Waals surface area contributed by atoms with Crippen molar-refractivity contribution in [3.05, 3.63) is 24.6 Å². The van der Waals surface area contributed by atoms with Crippen molar-refractivity contribution < 1.29 is 4.79 Å². The number of likely N-dealkylation sites (tertiary alicyclic amines) is 1. The van der Waals surface area contributed by atoms with Gasteiger partial charge >= 0.3 is 0 Å². The second kappa shape index (κ2) is 11.2. The lowest BCUT2D eigenvalue weighted by Gasteiger charge is -2.36. The summed E-state index contributed by atoms with van der Waals surface area (Å²) in [5.41, 5.74) is 5.23. The first-order valence-electron chi connectivity index (χ1n) is 9.99. The molecule has 0 aromatic heterocycles. The highest BCUT2D eigenvalue weighted by Gasteiger charge is 2.28. The van der Waals surface area contributed by atoms with E-state index in [9.17, 15) is 4.79 Å². The van der Waals surface area contributed by atoms with E-state index in [1.165, 1.54) is 6.20 Å². The minimum atomic E-state index is -0.00969. The van der Waals surface area contributed by atoms with E-state index in [2.05, 4.69) is 50.9 Å². The summed E-state index contributed by atoms with van der Waals surface area (Å²) in [7, 11) is 4.19. The van der Waals surface area contributed by atoms with Crippen molar-refractivity contribution in [1.29, 1.82) is 0 Å². The number of piperazine rings is 1. The number of carbonyl (C=O) groups is 1. The first-order valence-corrected chi connectivity index (χ1v) is 10.4. The quantitative estimate of drug-likeness (QED) is 0.532. The van der Waals surface area contributed by atoms with E-state index in [-0.39, 0.29) is 5.91 Å². The van der Waals surface area contributed by atoms with E-state index in [4.69, 9.17) is 12.2 Å². The van der Waals surface area contributed by atoms with Crippen LogP contribution in [0.1, 0.15) is 20.3 Å². The Balaban J connectivity index is 1.98. The Kier molecular flexibility index (Phi) is 8.94. The molecule has 0 spiro atoms. The van der Waals surface area contributed by atoms with Crippen molar-refractivity contribution in [3.63, 3.8) is 0 Å². The maximum atomic E-state index is 11.9. The van der Waals surface area contributed by atoms with Gasteiger partial charge in [-0.15, -0.1) is 0 Å². The van der Waals surface area contributed by atoms with Gasteiger partial charge in [-0.3, -0.25) is 20.1 Å². The summed E-state index contributed by atoms with van der Waals surface area (Å²) < 4.78 is 0. The van der Waals surface area contributed by atoms with Crippen LogP contribution in [-0.4, -0.2) is 102 Å². The molecular weight excluding hydrogens is 386 g/mol. The van der Waals surface area contributed by atoms with Crippen molar-refractivity contribution in [2.24, 2.45) is 10.1 Å². The number of carbonyl (C=O) groups excluding carboxylic acids is 1. The van der Waals surface area contributed by atoms with Crippen LogP contribution in [0, 0.1) is 0 Å². The number of piperidine rings is 1. The molecule has 0 aliphatic carbocycles. The maximum absolute atomic E-state index is 11.9. The summed E-state index contributed by atoms with van der Waals surface area (Å²) in [4.78, 5) is 24.8. The van der Waals surface area contributed by atoms with Gasteiger partial charge in [0.1, 0.15) is 5.71 Å². The molecule has 1 amide bonds. The lowest BCUT2D eigenvalue weighted by Crippen LogP contribution is -2.52. The van der Waals surface area contributed by atoms with Crippen LogP contribution in [0.4, 0.5) is 0 Å². The molecule has 0 aromatic carbocycles. The Morgan fingerprint density at radius 1 is 1.28 bits per heavy atom. The van der Waals surface area contributed by atoms with Crippen LogP contribution in [0.15, 0.2) is 34.6 Å². The standard InChI is InChI=1S/C20H33N7OS/c1-6-18-19(21-7-2)17(8-9-27(18)16(3)28)22-23-20(29)26-14-12-25(13-15-26)11-10-24(4)5/h6-7H,2,8-15H2,1,3-5H3,(H,23,29)/b18-6+,21-19?,22-17-. The van der Waals surface area contributed by atoms with Gasteiger partial charge in [-0.1, -0.05) is 12.7 Å². The van der Waals surface area contributed by atoms with Gasteiger partial charge in [0.25, 0.3) is 0 Å². The van der Waals surface area contributed by atoms with Crippen LogP contribution in [0.25, 0.3) is 0 Å². The number of hydrogen-bond donors (Lipinski definition) is 1. The molecule has 2 rings (SSSR count). The number of hydrogen-bond acceptors (Lipinski definition) is 6. The molecule has 0 atom stereocenters. The molecule has 9 heteroatoms. The van der Waals surface area contributed by atoms with Crippen molar-refractivity contribution in [2.45, 2.75) is 20.3 Å². The third-order valence-corrected chi connectivity index (χ3v) is 5.41. The molecule has 0 aromatic rings. The molecule has 0 unspecified atom stereocenters. The van der Waals surface area contributed by atoms with Crippen molar-refractivity contribution in [3.8, 4) is 0 Å². The fourth-order valence-electron chi connectivity index (χ4n) is 3.39. The van der Waals surface area contributed by atoms with E-state index in [1.807, 2.05) is 13.0 Å². The number of aliphatic imine (C=N–C) groups is 1. The largest absolute Gasteiger partial charge is 0.345 e. The Morgan fingerprint density at radius 3 is 2.52 bits per heavy atom. The van der Waals surface area contributed by atoms with E-state index in [1.54, 1.807) is 11.8 Å². The molecular formula is C20H33N7OS. The fraction of sp³-hybridized carbons (Fsp3) is 0.600. The van der Waals surface area contributed by atoms with Gasteiger partial charge < -0.3 is 14.7 Å². The SMILES string of the molecule is C=CN=C1/C(=N\NC(=S)N2CCN(CCN(C)C)CC2)CCN(C(C)=O)/C1=C/C. The molecule has 2 saturated heterocycles. The Hall–Kier alpha value is -2.10. The number of rotatable bonds is 5. The van der Waals surface area contributed by atoms with E-state index < -0.39 is 0 Å². The number of allylic oxidation sites excluding steroid dienone is 2. The number of likely N-dealkylation sites (N-methyl/N-ethyl adjacent to an activating group) is 1. The lowest BCUT2D eigenvalue weighted by molar-refractivity contribution is -0.126. The van der Waals surface area contributed by atoms with Gasteiger partial charge in [0.2, 0.25) is 5.91 Å².